The summed E-state index contributed by atoms with van der Waals surface area (Å²) < 4.78 is 1.77. The molecule has 0 saturated carbocycles. The fourth-order valence-electron chi connectivity index (χ4n) is 1.45. The van der Waals surface area contributed by atoms with Gasteiger partial charge in [0.25, 0.3) is 0 Å². The smallest absolute Gasteiger partial charge is 0.245 e. The fourth-order valence-corrected chi connectivity index (χ4v) is 1.56. The predicted molar refractivity (Wildman–Crippen MR) is 66.8 cm³/mol. The van der Waals surface area contributed by atoms with Crippen molar-refractivity contribution >= 4 is 17.5 Å². The normalized spacial score (nSPS) is 11.6. The van der Waals surface area contributed by atoms with E-state index in [1.165, 1.54) is 6.92 Å². The summed E-state index contributed by atoms with van der Waals surface area (Å²) in [6.07, 6.45) is 5.08. The maximum Gasteiger partial charge on any atom is 0.245 e. The van der Waals surface area contributed by atoms with Gasteiger partial charge < -0.3 is 4.57 Å². The topological polar surface area (TPSA) is 60.1 Å². The molecular formula is C12H11ClN4O. The van der Waals surface area contributed by atoms with Gasteiger partial charge in [0.05, 0.1) is 6.54 Å². The van der Waals surface area contributed by atoms with Gasteiger partial charge in [0, 0.05) is 25.5 Å². The second-order valence-electron chi connectivity index (χ2n) is 3.67. The molecule has 0 aliphatic carbocycles. The number of amides is 1. The van der Waals surface area contributed by atoms with Crippen LogP contribution >= 0.6 is 11.6 Å². The molecule has 2 aromatic heterocycles. The molecule has 0 fully saturated rings. The van der Waals surface area contributed by atoms with Crippen molar-refractivity contribution in [2.75, 3.05) is 0 Å². The van der Waals surface area contributed by atoms with E-state index < -0.39 is 0 Å². The van der Waals surface area contributed by atoms with Crippen LogP contribution in [0.15, 0.2) is 41.8 Å². The van der Waals surface area contributed by atoms with E-state index >= 15 is 0 Å². The summed E-state index contributed by atoms with van der Waals surface area (Å²) in [5.41, 5.74) is 1.33. The fraction of sp³-hybridized carbons (Fsp3) is 0.167. The van der Waals surface area contributed by atoms with Gasteiger partial charge in [-0.15, -0.1) is 0 Å². The van der Waals surface area contributed by atoms with Gasteiger partial charge in [0.15, 0.2) is 0 Å². The summed E-state index contributed by atoms with van der Waals surface area (Å²) in [7, 11) is 0. The molecule has 0 atom stereocenters. The first-order valence-corrected chi connectivity index (χ1v) is 5.70. The van der Waals surface area contributed by atoms with E-state index in [0.29, 0.717) is 17.3 Å². The maximum absolute atomic E-state index is 11.0. The van der Waals surface area contributed by atoms with Crippen LogP contribution in [0, 0.1) is 0 Å². The molecule has 6 heteroatoms. The molecule has 92 valence electrons. The number of hydrogen-bond donors (Lipinski definition) is 0. The van der Waals surface area contributed by atoms with Crippen molar-refractivity contribution < 1.29 is 4.79 Å². The zero-order valence-corrected chi connectivity index (χ0v) is 10.5. The van der Waals surface area contributed by atoms with Gasteiger partial charge in [0.2, 0.25) is 11.5 Å². The van der Waals surface area contributed by atoms with Gasteiger partial charge in [-0.2, -0.15) is 4.99 Å². The Bertz CT molecular complexity index is 618. The number of pyridine rings is 1. The van der Waals surface area contributed by atoms with Crippen LogP contribution < -0.4 is 5.62 Å². The molecule has 2 rings (SSSR count). The Labute approximate surface area is 109 Å². The SMILES string of the molecule is CC(=O)/N=c1/ncccn1Cc1ccc(Cl)nc1. The lowest BCUT2D eigenvalue weighted by Crippen LogP contribution is -2.25. The molecule has 0 aliphatic rings. The van der Waals surface area contributed by atoms with Crippen molar-refractivity contribution in [1.29, 1.82) is 0 Å². The summed E-state index contributed by atoms with van der Waals surface area (Å²) in [5, 5.41) is 0.448. The predicted octanol–water partition coefficient (Wildman–Crippen LogP) is 1.43. The standard InChI is InChI=1S/C12H11ClN4O/c1-9(18)16-12-14-5-2-6-17(12)8-10-3-4-11(13)15-7-10/h2-7H,8H2,1H3/b16-12-. The largest absolute Gasteiger partial charge is 0.313 e. The highest BCUT2D eigenvalue weighted by Crippen LogP contribution is 2.05. The van der Waals surface area contributed by atoms with Gasteiger partial charge >= 0.3 is 0 Å². The minimum absolute atomic E-state index is 0.281. The Morgan fingerprint density at radius 3 is 2.94 bits per heavy atom. The van der Waals surface area contributed by atoms with E-state index in [0.717, 1.165) is 5.56 Å². The van der Waals surface area contributed by atoms with Crippen LogP contribution in [0.5, 0.6) is 0 Å². The van der Waals surface area contributed by atoms with E-state index in [4.69, 9.17) is 11.6 Å². The van der Waals surface area contributed by atoms with E-state index in [2.05, 4.69) is 15.0 Å². The number of rotatable bonds is 2. The molecule has 1 amide bonds. The number of hydrogen-bond acceptors (Lipinski definition) is 3. The monoisotopic (exact) mass is 262 g/mol. The van der Waals surface area contributed by atoms with Gasteiger partial charge in [-0.1, -0.05) is 17.7 Å². The molecule has 0 bridgehead atoms. The van der Waals surface area contributed by atoms with Crippen molar-refractivity contribution in [3.05, 3.63) is 53.1 Å². The first-order chi connectivity index (χ1) is 8.65. The molecule has 2 heterocycles. The number of aromatic nitrogens is 3. The van der Waals surface area contributed by atoms with Crippen molar-refractivity contribution in [3.8, 4) is 0 Å². The van der Waals surface area contributed by atoms with Gasteiger partial charge in [-0.25, -0.2) is 9.97 Å². The number of carbonyl (C=O) groups is 1. The van der Waals surface area contributed by atoms with Crippen molar-refractivity contribution in [1.82, 2.24) is 14.5 Å². The maximum atomic E-state index is 11.0. The summed E-state index contributed by atoms with van der Waals surface area (Å²) in [5.74, 6) is -0.281. The zero-order valence-electron chi connectivity index (χ0n) is 9.75. The minimum atomic E-state index is -0.281. The molecule has 0 unspecified atom stereocenters. The van der Waals surface area contributed by atoms with Gasteiger partial charge in [-0.3, -0.25) is 4.79 Å². The minimum Gasteiger partial charge on any atom is -0.313 e. The molecule has 0 N–H and O–H groups in total. The van der Waals surface area contributed by atoms with E-state index in [-0.39, 0.29) is 5.91 Å². The molecule has 0 aromatic carbocycles. The quantitative estimate of drug-likeness (QED) is 0.769. The summed E-state index contributed by atoms with van der Waals surface area (Å²) in [4.78, 5) is 22.9. The third-order valence-electron chi connectivity index (χ3n) is 2.20. The molecule has 2 aromatic rings. The number of nitrogens with zero attached hydrogens (tertiary/aromatic N) is 4. The van der Waals surface area contributed by atoms with Crippen LogP contribution in [0.25, 0.3) is 0 Å². The van der Waals surface area contributed by atoms with Crippen LogP contribution in [0.4, 0.5) is 0 Å². The molecule has 0 spiro atoms. The lowest BCUT2D eigenvalue weighted by Gasteiger charge is -2.05. The highest BCUT2D eigenvalue weighted by molar-refractivity contribution is 6.29. The molecule has 0 saturated heterocycles. The van der Waals surface area contributed by atoms with Crippen LogP contribution in [-0.4, -0.2) is 20.4 Å². The summed E-state index contributed by atoms with van der Waals surface area (Å²) >= 11 is 5.72. The first kappa shape index (κ1) is 12.4. The van der Waals surface area contributed by atoms with Crippen LogP contribution in [-0.2, 0) is 11.3 Å². The average molecular weight is 263 g/mol. The first-order valence-electron chi connectivity index (χ1n) is 5.32. The highest BCUT2D eigenvalue weighted by atomic mass is 35.5. The van der Waals surface area contributed by atoms with Crippen molar-refractivity contribution in [2.45, 2.75) is 13.5 Å². The van der Waals surface area contributed by atoms with E-state index in [9.17, 15) is 4.79 Å². The van der Waals surface area contributed by atoms with Crippen LogP contribution in [0.1, 0.15) is 12.5 Å². The second kappa shape index (κ2) is 5.55. The van der Waals surface area contributed by atoms with E-state index in [1.54, 1.807) is 29.1 Å². The van der Waals surface area contributed by atoms with Crippen LogP contribution in [0.3, 0.4) is 0 Å². The summed E-state index contributed by atoms with van der Waals surface area (Å²) in [6.45, 7) is 1.92. The van der Waals surface area contributed by atoms with Gasteiger partial charge in [0.1, 0.15) is 5.15 Å². The lowest BCUT2D eigenvalue weighted by molar-refractivity contribution is -0.116. The average Bonchev–Trinajstić information content (AvgIpc) is 2.34. The third kappa shape index (κ3) is 3.24. The Morgan fingerprint density at radius 1 is 1.44 bits per heavy atom. The molecule has 0 aliphatic heterocycles. The summed E-state index contributed by atoms with van der Waals surface area (Å²) in [6, 6.07) is 5.37. The Kier molecular flexibility index (Phi) is 3.84. The Balaban J connectivity index is 2.35. The molecule has 18 heavy (non-hydrogen) atoms. The molecule has 0 radical (unpaired) electrons. The lowest BCUT2D eigenvalue weighted by atomic mass is 10.3. The molecule has 5 nitrogen and oxygen atoms in total. The zero-order chi connectivity index (χ0) is 13.0. The third-order valence-corrected chi connectivity index (χ3v) is 2.42. The highest BCUT2D eigenvalue weighted by Gasteiger charge is 1.99. The molecular weight excluding hydrogens is 252 g/mol. The van der Waals surface area contributed by atoms with Crippen LogP contribution in [0.2, 0.25) is 5.15 Å². The number of halogens is 1. The Hall–Kier alpha value is -2.01. The number of carbonyl (C=O) groups excluding carboxylic acids is 1. The van der Waals surface area contributed by atoms with Crippen molar-refractivity contribution in [2.24, 2.45) is 4.99 Å². The second-order valence-corrected chi connectivity index (χ2v) is 4.05. The Morgan fingerprint density at radius 2 is 2.28 bits per heavy atom. The van der Waals surface area contributed by atoms with Gasteiger partial charge in [-0.05, 0) is 17.7 Å². The van der Waals surface area contributed by atoms with Crippen molar-refractivity contribution in [3.63, 3.8) is 0 Å². The van der Waals surface area contributed by atoms with E-state index in [1.807, 2.05) is 12.3 Å².